The summed E-state index contributed by atoms with van der Waals surface area (Å²) in [6.45, 7) is 9.05. The molecule has 0 aromatic rings. The molecule has 0 saturated carbocycles. The fourth-order valence-corrected chi connectivity index (χ4v) is 8.75. The highest BCUT2D eigenvalue weighted by atomic mass is 16.6. The molecule has 0 bridgehead atoms. The van der Waals surface area contributed by atoms with Crippen molar-refractivity contribution < 1.29 is 28.6 Å². The summed E-state index contributed by atoms with van der Waals surface area (Å²) in [4.78, 5) is 38.0. The molecule has 0 heterocycles. The van der Waals surface area contributed by atoms with E-state index >= 15 is 0 Å². The van der Waals surface area contributed by atoms with E-state index in [4.69, 9.17) is 14.2 Å². The largest absolute Gasteiger partial charge is 0.462 e. The van der Waals surface area contributed by atoms with Crippen molar-refractivity contribution in [2.24, 2.45) is 5.92 Å². The molecule has 63 heavy (non-hydrogen) atoms. The van der Waals surface area contributed by atoms with Crippen LogP contribution in [0, 0.1) is 5.92 Å². The van der Waals surface area contributed by atoms with Crippen LogP contribution in [0.25, 0.3) is 0 Å². The van der Waals surface area contributed by atoms with Crippen LogP contribution in [0.4, 0.5) is 0 Å². The first-order valence-corrected chi connectivity index (χ1v) is 28.4. The highest BCUT2D eigenvalue weighted by Gasteiger charge is 2.19. The Labute approximate surface area is 393 Å². The lowest BCUT2D eigenvalue weighted by Crippen LogP contribution is -2.30. The van der Waals surface area contributed by atoms with Crippen LogP contribution in [0.15, 0.2) is 0 Å². The molecule has 1 atom stereocenters. The molecule has 0 unspecified atom stereocenters. The third-order valence-electron chi connectivity index (χ3n) is 13.0. The molecule has 0 aliphatic carbocycles. The normalized spacial score (nSPS) is 12.0. The molecule has 6 heteroatoms. The summed E-state index contributed by atoms with van der Waals surface area (Å²) in [5.74, 6) is 0.00944. The van der Waals surface area contributed by atoms with Gasteiger partial charge in [0.1, 0.15) is 13.2 Å². The van der Waals surface area contributed by atoms with E-state index in [1.807, 2.05) is 0 Å². The maximum atomic E-state index is 12.8. The fraction of sp³-hybridized carbons (Fsp3) is 0.947. The maximum absolute atomic E-state index is 12.8. The molecule has 0 rings (SSSR count). The molecule has 374 valence electrons. The molecule has 0 amide bonds. The van der Waals surface area contributed by atoms with Gasteiger partial charge in [0.05, 0.1) is 0 Å². The van der Waals surface area contributed by atoms with Crippen LogP contribution in [0.3, 0.4) is 0 Å². The maximum Gasteiger partial charge on any atom is 0.306 e. The van der Waals surface area contributed by atoms with Gasteiger partial charge in [0.15, 0.2) is 6.10 Å². The second kappa shape index (κ2) is 51.4. The molecule has 0 fully saturated rings. The molecular formula is C57H110O6. The molecule has 0 saturated heterocycles. The van der Waals surface area contributed by atoms with Crippen molar-refractivity contribution in [3.63, 3.8) is 0 Å². The van der Waals surface area contributed by atoms with Crippen LogP contribution in [-0.2, 0) is 28.6 Å². The molecule has 0 aromatic carbocycles. The van der Waals surface area contributed by atoms with E-state index in [-0.39, 0.29) is 31.1 Å². The van der Waals surface area contributed by atoms with E-state index in [2.05, 4.69) is 27.7 Å². The summed E-state index contributed by atoms with van der Waals surface area (Å²) < 4.78 is 16.9. The van der Waals surface area contributed by atoms with E-state index in [0.717, 1.165) is 63.7 Å². The Bertz CT molecular complexity index is 949. The highest BCUT2D eigenvalue weighted by molar-refractivity contribution is 5.71. The number of hydrogen-bond acceptors (Lipinski definition) is 6. The number of ether oxygens (including phenoxy) is 3. The smallest absolute Gasteiger partial charge is 0.306 e. The van der Waals surface area contributed by atoms with Crippen LogP contribution in [0.1, 0.15) is 323 Å². The Morgan fingerprint density at radius 1 is 0.302 bits per heavy atom. The number of carbonyl (C=O) groups excluding carboxylic acids is 3. The topological polar surface area (TPSA) is 78.9 Å². The number of hydrogen-bond donors (Lipinski definition) is 0. The minimum absolute atomic E-state index is 0.0620. The predicted molar refractivity (Wildman–Crippen MR) is 270 cm³/mol. The van der Waals surface area contributed by atoms with E-state index < -0.39 is 6.10 Å². The van der Waals surface area contributed by atoms with Crippen LogP contribution in [-0.4, -0.2) is 37.2 Å². The van der Waals surface area contributed by atoms with Crippen molar-refractivity contribution in [1.82, 2.24) is 0 Å². The Morgan fingerprint density at radius 2 is 0.524 bits per heavy atom. The highest BCUT2D eigenvalue weighted by Crippen LogP contribution is 2.18. The SMILES string of the molecule is CCCCCCCCCCCCCCCCCCCC(=O)OC[C@H](COC(=O)CCCCCCCCCCCC)OC(=O)CCCCCCCCCCCCCCCCCC(C)C. The average molecular weight is 892 g/mol. The van der Waals surface area contributed by atoms with E-state index in [0.29, 0.717) is 19.3 Å². The number of unbranched alkanes of at least 4 members (excludes halogenated alkanes) is 39. The van der Waals surface area contributed by atoms with Crippen molar-refractivity contribution in [2.75, 3.05) is 13.2 Å². The van der Waals surface area contributed by atoms with E-state index in [1.54, 1.807) is 0 Å². The van der Waals surface area contributed by atoms with Gasteiger partial charge >= 0.3 is 17.9 Å². The van der Waals surface area contributed by atoms with Gasteiger partial charge in [0.2, 0.25) is 0 Å². The molecule has 0 aliphatic rings. The monoisotopic (exact) mass is 891 g/mol. The van der Waals surface area contributed by atoms with Gasteiger partial charge in [-0.05, 0) is 25.2 Å². The van der Waals surface area contributed by atoms with Gasteiger partial charge in [0.25, 0.3) is 0 Å². The number of carbonyl (C=O) groups is 3. The zero-order valence-electron chi connectivity index (χ0n) is 43.0. The lowest BCUT2D eigenvalue weighted by atomic mass is 10.0. The van der Waals surface area contributed by atoms with Gasteiger partial charge in [-0.25, -0.2) is 0 Å². The van der Waals surface area contributed by atoms with Gasteiger partial charge in [-0.15, -0.1) is 0 Å². The zero-order chi connectivity index (χ0) is 45.9. The first-order chi connectivity index (χ1) is 30.9. The van der Waals surface area contributed by atoms with Crippen LogP contribution < -0.4 is 0 Å². The first-order valence-electron chi connectivity index (χ1n) is 28.4. The Kier molecular flexibility index (Phi) is 50.1. The summed E-state index contributed by atoms with van der Waals surface area (Å²) in [5, 5.41) is 0. The lowest BCUT2D eigenvalue weighted by Gasteiger charge is -2.18. The molecule has 6 nitrogen and oxygen atoms in total. The first kappa shape index (κ1) is 61.4. The van der Waals surface area contributed by atoms with E-state index in [9.17, 15) is 14.4 Å². The van der Waals surface area contributed by atoms with Crippen molar-refractivity contribution >= 4 is 17.9 Å². The summed E-state index contributed by atoms with van der Waals surface area (Å²) in [7, 11) is 0. The van der Waals surface area contributed by atoms with Gasteiger partial charge in [0, 0.05) is 19.3 Å². The molecule has 0 aromatic heterocycles. The van der Waals surface area contributed by atoms with E-state index in [1.165, 1.54) is 218 Å². The minimum atomic E-state index is -0.761. The fourth-order valence-electron chi connectivity index (χ4n) is 8.75. The summed E-state index contributed by atoms with van der Waals surface area (Å²) in [5.41, 5.74) is 0. The van der Waals surface area contributed by atoms with Crippen molar-refractivity contribution in [3.8, 4) is 0 Å². The van der Waals surface area contributed by atoms with Crippen molar-refractivity contribution in [2.45, 2.75) is 329 Å². The molecule has 0 N–H and O–H groups in total. The Hall–Kier alpha value is -1.59. The molecule has 0 aliphatic heterocycles. The molecule has 0 spiro atoms. The average Bonchev–Trinajstić information content (AvgIpc) is 3.27. The van der Waals surface area contributed by atoms with Crippen LogP contribution in [0.2, 0.25) is 0 Å². The van der Waals surface area contributed by atoms with Gasteiger partial charge in [-0.2, -0.15) is 0 Å². The number of esters is 3. The third-order valence-corrected chi connectivity index (χ3v) is 13.0. The van der Waals surface area contributed by atoms with Gasteiger partial charge in [-0.1, -0.05) is 285 Å². The standard InChI is InChI=1S/C57H110O6/c1-5-7-9-11-13-15-17-18-19-20-23-26-29-33-37-41-45-49-56(59)62-52-54(51-61-55(58)48-44-40-36-32-16-14-12-10-8-6-2)63-57(60)50-46-42-38-34-30-27-24-21-22-25-28-31-35-39-43-47-53(3)4/h53-54H,5-52H2,1-4H3/t54-/m0/s1. The Morgan fingerprint density at radius 3 is 0.778 bits per heavy atom. The molecular weight excluding hydrogens is 781 g/mol. The Balaban J connectivity index is 4.24. The lowest BCUT2D eigenvalue weighted by molar-refractivity contribution is -0.167. The van der Waals surface area contributed by atoms with Gasteiger partial charge < -0.3 is 14.2 Å². The minimum Gasteiger partial charge on any atom is -0.462 e. The summed E-state index contributed by atoms with van der Waals surface area (Å²) in [6.07, 6.45) is 55.2. The molecule has 0 radical (unpaired) electrons. The zero-order valence-corrected chi connectivity index (χ0v) is 43.0. The van der Waals surface area contributed by atoms with Crippen LogP contribution in [0.5, 0.6) is 0 Å². The van der Waals surface area contributed by atoms with Crippen molar-refractivity contribution in [3.05, 3.63) is 0 Å². The second-order valence-electron chi connectivity index (χ2n) is 20.1. The van der Waals surface area contributed by atoms with Gasteiger partial charge in [-0.3, -0.25) is 14.4 Å². The van der Waals surface area contributed by atoms with Crippen LogP contribution >= 0.6 is 0 Å². The number of rotatable bonds is 52. The predicted octanol–water partition coefficient (Wildman–Crippen LogP) is 18.6. The quantitative estimate of drug-likeness (QED) is 0.0344. The third kappa shape index (κ3) is 51.3. The summed E-state index contributed by atoms with van der Waals surface area (Å²) >= 11 is 0. The second-order valence-corrected chi connectivity index (χ2v) is 20.1. The van der Waals surface area contributed by atoms with Crippen molar-refractivity contribution in [1.29, 1.82) is 0 Å². The summed E-state index contributed by atoms with van der Waals surface area (Å²) in [6, 6.07) is 0.